The van der Waals surface area contributed by atoms with Crippen LogP contribution in [0.4, 0.5) is 18.9 Å². The summed E-state index contributed by atoms with van der Waals surface area (Å²) in [7, 11) is 0. The van der Waals surface area contributed by atoms with Gasteiger partial charge in [0.2, 0.25) is 12.2 Å². The molecule has 2 heterocycles. The number of ether oxygens (including phenoxy) is 1. The van der Waals surface area contributed by atoms with Crippen molar-refractivity contribution in [2.24, 2.45) is 0 Å². The Bertz CT molecular complexity index is 1530. The smallest absolute Gasteiger partial charge is 0.222 e. The number of piperazine rings is 1. The predicted octanol–water partition coefficient (Wildman–Crippen LogP) is 7.51. The summed E-state index contributed by atoms with van der Waals surface area (Å²) in [4.78, 5) is 21.3. The predicted molar refractivity (Wildman–Crippen MR) is 158 cm³/mol. The molecule has 1 fully saturated rings. The minimum Gasteiger partial charge on any atom is -0.483 e. The summed E-state index contributed by atoms with van der Waals surface area (Å²) in [6.07, 6.45) is 0.853. The first-order chi connectivity index (χ1) is 20.3. The lowest BCUT2D eigenvalue weighted by molar-refractivity contribution is -0.131. The van der Waals surface area contributed by atoms with E-state index >= 15 is 8.78 Å². The SMILES string of the molecule is CCCCCC(=O)N1CCN(c2ccc3nc(C(C)Oc4ccccc4)n(C(F)c4ccc(C)c(F)c4F)c3c2)CC1. The van der Waals surface area contributed by atoms with Crippen molar-refractivity contribution in [2.45, 2.75) is 58.9 Å². The maximum Gasteiger partial charge on any atom is 0.222 e. The van der Waals surface area contributed by atoms with Crippen molar-refractivity contribution in [1.29, 1.82) is 0 Å². The van der Waals surface area contributed by atoms with Crippen molar-refractivity contribution in [2.75, 3.05) is 31.1 Å². The molecule has 4 aromatic rings. The van der Waals surface area contributed by atoms with E-state index in [0.29, 0.717) is 49.4 Å². The van der Waals surface area contributed by atoms with E-state index in [-0.39, 0.29) is 17.3 Å². The number of hydrogen-bond acceptors (Lipinski definition) is 4. The topological polar surface area (TPSA) is 50.6 Å². The van der Waals surface area contributed by atoms with Gasteiger partial charge >= 0.3 is 0 Å². The number of aryl methyl sites for hydroxylation is 1. The molecule has 42 heavy (non-hydrogen) atoms. The van der Waals surface area contributed by atoms with E-state index in [0.717, 1.165) is 24.9 Å². The number of imidazole rings is 1. The Labute approximate surface area is 244 Å². The Morgan fingerprint density at radius 1 is 0.976 bits per heavy atom. The Hall–Kier alpha value is -4.01. The molecular formula is C33H37F3N4O2. The number of para-hydroxylation sites is 1. The van der Waals surface area contributed by atoms with Crippen LogP contribution in [0.15, 0.2) is 60.7 Å². The van der Waals surface area contributed by atoms with Crippen LogP contribution in [0.1, 0.15) is 68.9 Å². The summed E-state index contributed by atoms with van der Waals surface area (Å²) in [6.45, 7) is 7.79. The highest BCUT2D eigenvalue weighted by Gasteiger charge is 2.29. The molecule has 1 aliphatic rings. The molecule has 1 aliphatic heterocycles. The largest absolute Gasteiger partial charge is 0.483 e. The summed E-state index contributed by atoms with van der Waals surface area (Å²) < 4.78 is 53.3. The lowest BCUT2D eigenvalue weighted by Gasteiger charge is -2.36. The minimum absolute atomic E-state index is 0.102. The van der Waals surface area contributed by atoms with Crippen LogP contribution in [0.25, 0.3) is 11.0 Å². The molecule has 0 spiro atoms. The molecule has 0 bridgehead atoms. The van der Waals surface area contributed by atoms with E-state index in [1.165, 1.54) is 23.6 Å². The highest BCUT2D eigenvalue weighted by Crippen LogP contribution is 2.35. The molecule has 2 atom stereocenters. The monoisotopic (exact) mass is 578 g/mol. The van der Waals surface area contributed by atoms with E-state index in [2.05, 4.69) is 11.8 Å². The van der Waals surface area contributed by atoms with E-state index in [1.54, 1.807) is 25.1 Å². The van der Waals surface area contributed by atoms with Gasteiger partial charge in [0.15, 0.2) is 23.6 Å². The van der Waals surface area contributed by atoms with Gasteiger partial charge in [-0.2, -0.15) is 0 Å². The van der Waals surface area contributed by atoms with Crippen LogP contribution in [0.5, 0.6) is 5.75 Å². The van der Waals surface area contributed by atoms with E-state index in [9.17, 15) is 9.18 Å². The minimum atomic E-state index is -2.05. The normalized spacial score (nSPS) is 15.2. The molecule has 1 aromatic heterocycles. The number of amides is 1. The number of aromatic nitrogens is 2. The summed E-state index contributed by atoms with van der Waals surface area (Å²) in [5, 5.41) is 0. The first-order valence-electron chi connectivity index (χ1n) is 14.6. The van der Waals surface area contributed by atoms with Crippen molar-refractivity contribution < 1.29 is 22.7 Å². The standard InChI is InChI=1S/C33H37F3N4O2/c1-4-5-7-12-29(41)39-19-17-38(18-20-39)24-14-16-27-28(21-24)40(32(36)26-15-13-22(2)30(34)31(26)35)33(37-27)23(3)42-25-10-8-6-9-11-25/h6,8-11,13-16,21,23,32H,4-5,7,12,17-20H2,1-3H3. The summed E-state index contributed by atoms with van der Waals surface area (Å²) >= 11 is 0. The van der Waals surface area contributed by atoms with Crippen LogP contribution in [0.3, 0.4) is 0 Å². The lowest BCUT2D eigenvalue weighted by Crippen LogP contribution is -2.48. The third-order valence-corrected chi connectivity index (χ3v) is 7.90. The molecule has 1 saturated heterocycles. The second kappa shape index (κ2) is 12.9. The zero-order valence-electron chi connectivity index (χ0n) is 24.3. The summed E-state index contributed by atoms with van der Waals surface area (Å²) in [6, 6.07) is 17.3. The van der Waals surface area contributed by atoms with Gasteiger partial charge in [-0.25, -0.2) is 18.2 Å². The Morgan fingerprint density at radius 3 is 2.43 bits per heavy atom. The van der Waals surface area contributed by atoms with Crippen LogP contribution < -0.4 is 9.64 Å². The molecule has 0 saturated carbocycles. The number of carbonyl (C=O) groups is 1. The fourth-order valence-corrected chi connectivity index (χ4v) is 5.46. The van der Waals surface area contributed by atoms with Gasteiger partial charge in [0, 0.05) is 43.9 Å². The molecule has 5 rings (SSSR count). The molecule has 222 valence electrons. The molecule has 0 aliphatic carbocycles. The number of carbonyl (C=O) groups excluding carboxylic acids is 1. The second-order valence-electron chi connectivity index (χ2n) is 10.8. The van der Waals surface area contributed by atoms with Crippen LogP contribution >= 0.6 is 0 Å². The molecule has 9 heteroatoms. The van der Waals surface area contributed by atoms with Crippen molar-refractivity contribution in [3.05, 3.63) is 89.2 Å². The fraction of sp³-hybridized carbons (Fsp3) is 0.394. The highest BCUT2D eigenvalue weighted by atomic mass is 19.2. The van der Waals surface area contributed by atoms with E-state index < -0.39 is 29.6 Å². The van der Waals surface area contributed by atoms with Gasteiger partial charge in [-0.1, -0.05) is 50.1 Å². The van der Waals surface area contributed by atoms with Crippen LogP contribution in [-0.2, 0) is 4.79 Å². The van der Waals surface area contributed by atoms with Gasteiger partial charge in [0.05, 0.1) is 11.0 Å². The molecule has 3 aromatic carbocycles. The Balaban J connectivity index is 1.48. The van der Waals surface area contributed by atoms with Gasteiger partial charge in [-0.15, -0.1) is 0 Å². The van der Waals surface area contributed by atoms with Crippen molar-refractivity contribution in [3.63, 3.8) is 0 Å². The maximum absolute atomic E-state index is 16.4. The number of alkyl halides is 1. The van der Waals surface area contributed by atoms with Gasteiger partial charge in [-0.3, -0.25) is 9.36 Å². The first-order valence-corrected chi connectivity index (χ1v) is 14.6. The van der Waals surface area contributed by atoms with Crippen molar-refractivity contribution in [1.82, 2.24) is 14.5 Å². The number of halogens is 3. The third kappa shape index (κ3) is 6.10. The van der Waals surface area contributed by atoms with Crippen LogP contribution in [-0.4, -0.2) is 46.5 Å². The maximum atomic E-state index is 16.4. The number of unbranched alkanes of at least 4 members (excludes halogenated alkanes) is 2. The fourth-order valence-electron chi connectivity index (χ4n) is 5.46. The lowest BCUT2D eigenvalue weighted by atomic mass is 10.1. The second-order valence-corrected chi connectivity index (χ2v) is 10.8. The molecule has 0 radical (unpaired) electrons. The van der Waals surface area contributed by atoms with Gasteiger partial charge in [0.25, 0.3) is 0 Å². The Morgan fingerprint density at radius 2 is 1.71 bits per heavy atom. The Kier molecular flexibility index (Phi) is 9.04. The average molecular weight is 579 g/mol. The average Bonchev–Trinajstić information content (AvgIpc) is 3.39. The number of fused-ring (bicyclic) bond motifs is 1. The van der Waals surface area contributed by atoms with E-state index in [1.807, 2.05) is 35.2 Å². The molecule has 6 nitrogen and oxygen atoms in total. The zero-order chi connectivity index (χ0) is 29.8. The number of anilines is 1. The number of rotatable bonds is 10. The molecule has 1 amide bonds. The number of hydrogen-bond donors (Lipinski definition) is 0. The zero-order valence-corrected chi connectivity index (χ0v) is 24.3. The number of nitrogens with zero attached hydrogens (tertiary/aromatic N) is 4. The highest BCUT2D eigenvalue weighted by molar-refractivity contribution is 5.81. The molecule has 2 unspecified atom stereocenters. The quantitative estimate of drug-likeness (QED) is 0.183. The van der Waals surface area contributed by atoms with Crippen molar-refractivity contribution in [3.8, 4) is 5.75 Å². The van der Waals surface area contributed by atoms with Gasteiger partial charge in [0.1, 0.15) is 5.75 Å². The van der Waals surface area contributed by atoms with Crippen LogP contribution in [0, 0.1) is 18.6 Å². The third-order valence-electron chi connectivity index (χ3n) is 7.90. The van der Waals surface area contributed by atoms with Crippen LogP contribution in [0.2, 0.25) is 0 Å². The van der Waals surface area contributed by atoms with Crippen molar-refractivity contribution >= 4 is 22.6 Å². The van der Waals surface area contributed by atoms with Gasteiger partial charge < -0.3 is 14.5 Å². The first kappa shape index (κ1) is 29.5. The molecular weight excluding hydrogens is 541 g/mol. The summed E-state index contributed by atoms with van der Waals surface area (Å²) in [5.74, 6) is -1.28. The summed E-state index contributed by atoms with van der Waals surface area (Å²) in [5.41, 5.74) is 1.48. The van der Waals surface area contributed by atoms with E-state index in [4.69, 9.17) is 9.72 Å². The number of benzene rings is 3. The molecule has 0 N–H and O–H groups in total. The van der Waals surface area contributed by atoms with Gasteiger partial charge in [-0.05, 0) is 56.2 Å².